The minimum Gasteiger partial charge on any atom is -0.466 e. The number of carbonyl (C=O) groups is 1. The highest BCUT2D eigenvalue weighted by Gasteiger charge is 2.28. The van der Waals surface area contributed by atoms with Gasteiger partial charge in [0.05, 0.1) is 12.0 Å². The van der Waals surface area contributed by atoms with Crippen molar-refractivity contribution in [3.05, 3.63) is 12.7 Å². The number of ether oxygens (including phenoxy) is 1. The van der Waals surface area contributed by atoms with Crippen LogP contribution < -0.4 is 0 Å². The van der Waals surface area contributed by atoms with E-state index in [1.807, 2.05) is 26.8 Å². The Balaban J connectivity index is 3.70. The molecule has 18 heavy (non-hydrogen) atoms. The van der Waals surface area contributed by atoms with Crippen LogP contribution in [0.5, 0.6) is 0 Å². The fourth-order valence-corrected chi connectivity index (χ4v) is 2.42. The Hall–Kier alpha value is -0.310. The quantitative estimate of drug-likeness (QED) is 0.249. The second kappa shape index (κ2) is 9.60. The van der Waals surface area contributed by atoms with E-state index in [2.05, 4.69) is 22.5 Å². The second-order valence-electron chi connectivity index (χ2n) is 5.33. The summed E-state index contributed by atoms with van der Waals surface area (Å²) in [4.78, 5) is 12.2. The Labute approximate surface area is 120 Å². The second-order valence-corrected chi connectivity index (χ2v) is 6.62. The van der Waals surface area contributed by atoms with Gasteiger partial charge in [0.2, 0.25) is 0 Å². The Bertz CT molecular complexity index is 249. The zero-order valence-electron chi connectivity index (χ0n) is 12.0. The van der Waals surface area contributed by atoms with Gasteiger partial charge in [-0.05, 0) is 40.0 Å². The molecule has 0 heterocycles. The monoisotopic (exact) mass is 318 g/mol. The summed E-state index contributed by atoms with van der Waals surface area (Å²) in [5.74, 6) is -0.0741. The van der Waals surface area contributed by atoms with Gasteiger partial charge in [0, 0.05) is 4.83 Å². The van der Waals surface area contributed by atoms with Gasteiger partial charge in [0.25, 0.3) is 0 Å². The molecule has 0 N–H and O–H groups in total. The molecule has 1 unspecified atom stereocenters. The fourth-order valence-electron chi connectivity index (χ4n) is 1.84. The van der Waals surface area contributed by atoms with Crippen LogP contribution in [0.2, 0.25) is 0 Å². The molecule has 0 aromatic rings. The van der Waals surface area contributed by atoms with Crippen molar-refractivity contribution in [2.45, 2.75) is 64.1 Å². The van der Waals surface area contributed by atoms with E-state index >= 15 is 0 Å². The van der Waals surface area contributed by atoms with Crippen LogP contribution in [0.15, 0.2) is 12.7 Å². The van der Waals surface area contributed by atoms with E-state index < -0.39 is 0 Å². The topological polar surface area (TPSA) is 26.3 Å². The summed E-state index contributed by atoms with van der Waals surface area (Å²) in [6.07, 6.45) is 8.49. The summed E-state index contributed by atoms with van der Waals surface area (Å²) in [5, 5.41) is 0. The van der Waals surface area contributed by atoms with Crippen LogP contribution in [-0.4, -0.2) is 17.4 Å². The molecule has 1 atom stereocenters. The molecule has 3 heteroatoms. The van der Waals surface area contributed by atoms with E-state index in [9.17, 15) is 4.79 Å². The predicted octanol–water partition coefficient (Wildman–Crippen LogP) is 4.87. The molecule has 2 nitrogen and oxygen atoms in total. The molecule has 0 spiro atoms. The maximum atomic E-state index is 11.7. The van der Waals surface area contributed by atoms with Gasteiger partial charge in [0.15, 0.2) is 0 Å². The van der Waals surface area contributed by atoms with E-state index in [0.717, 1.165) is 19.3 Å². The average molecular weight is 319 g/mol. The normalized spacial score (nSPS) is 13.1. The molecule has 0 radical (unpaired) electrons. The summed E-state index contributed by atoms with van der Waals surface area (Å²) >= 11 is 3.63. The number of esters is 1. The van der Waals surface area contributed by atoms with Crippen LogP contribution in [-0.2, 0) is 9.53 Å². The summed E-state index contributed by atoms with van der Waals surface area (Å²) in [7, 11) is 0. The lowest BCUT2D eigenvalue weighted by atomic mass is 9.87. The average Bonchev–Trinajstić information content (AvgIpc) is 2.29. The molecule has 0 aliphatic carbocycles. The van der Waals surface area contributed by atoms with Crippen molar-refractivity contribution in [1.29, 1.82) is 0 Å². The third kappa shape index (κ3) is 7.91. The zero-order valence-corrected chi connectivity index (χ0v) is 13.6. The number of allylic oxidation sites excluding steroid dienone is 1. The highest BCUT2D eigenvalue weighted by Crippen LogP contribution is 2.26. The van der Waals surface area contributed by atoms with Crippen LogP contribution >= 0.6 is 15.9 Å². The molecular formula is C15H27BrO2. The minimum absolute atomic E-state index is 0.0741. The van der Waals surface area contributed by atoms with Crippen LogP contribution in [0.4, 0.5) is 0 Å². The van der Waals surface area contributed by atoms with Gasteiger partial charge in [0.1, 0.15) is 0 Å². The van der Waals surface area contributed by atoms with Crippen LogP contribution in [0.25, 0.3) is 0 Å². The first-order valence-corrected chi connectivity index (χ1v) is 7.77. The smallest absolute Gasteiger partial charge is 0.311 e. The first-order chi connectivity index (χ1) is 8.44. The molecule has 0 amide bonds. The number of halogens is 1. The molecule has 0 aliphatic rings. The first kappa shape index (κ1) is 17.7. The number of hydrogen-bond donors (Lipinski definition) is 0. The Morgan fingerprint density at radius 1 is 1.39 bits per heavy atom. The highest BCUT2D eigenvalue weighted by molar-refractivity contribution is 9.09. The lowest BCUT2D eigenvalue weighted by Crippen LogP contribution is -2.26. The third-order valence-corrected chi connectivity index (χ3v) is 3.90. The summed E-state index contributed by atoms with van der Waals surface area (Å²) in [5.41, 5.74) is -0.342. The molecule has 0 bridgehead atoms. The maximum absolute atomic E-state index is 11.7. The Morgan fingerprint density at radius 3 is 2.61 bits per heavy atom. The summed E-state index contributed by atoms with van der Waals surface area (Å²) in [6.45, 7) is 9.99. The lowest BCUT2D eigenvalue weighted by molar-refractivity contribution is -0.153. The van der Waals surface area contributed by atoms with E-state index in [1.54, 1.807) is 0 Å². The predicted molar refractivity (Wildman–Crippen MR) is 81.0 cm³/mol. The SMILES string of the molecule is C=CCC(Br)CCCCCC(C)(C)C(=O)OCC. The van der Waals surface area contributed by atoms with Crippen molar-refractivity contribution in [2.75, 3.05) is 6.61 Å². The van der Waals surface area contributed by atoms with Gasteiger partial charge < -0.3 is 4.74 Å². The first-order valence-electron chi connectivity index (χ1n) is 6.86. The molecule has 0 aromatic heterocycles. The van der Waals surface area contributed by atoms with Gasteiger partial charge in [-0.15, -0.1) is 6.58 Å². The van der Waals surface area contributed by atoms with E-state index in [1.165, 1.54) is 19.3 Å². The minimum atomic E-state index is -0.342. The molecule has 0 rings (SSSR count). The van der Waals surface area contributed by atoms with Crippen molar-refractivity contribution in [3.63, 3.8) is 0 Å². The Kier molecular flexibility index (Phi) is 9.43. The maximum Gasteiger partial charge on any atom is 0.311 e. The van der Waals surface area contributed by atoms with E-state index in [4.69, 9.17) is 4.74 Å². The van der Waals surface area contributed by atoms with Crippen molar-refractivity contribution >= 4 is 21.9 Å². The number of unbranched alkanes of at least 4 members (excludes halogenated alkanes) is 2. The van der Waals surface area contributed by atoms with Crippen LogP contribution in [0, 0.1) is 5.41 Å². The highest BCUT2D eigenvalue weighted by atomic mass is 79.9. The molecule has 106 valence electrons. The van der Waals surface area contributed by atoms with Crippen molar-refractivity contribution < 1.29 is 9.53 Å². The Morgan fingerprint density at radius 2 is 2.06 bits per heavy atom. The van der Waals surface area contributed by atoms with E-state index in [0.29, 0.717) is 11.4 Å². The van der Waals surface area contributed by atoms with Gasteiger partial charge >= 0.3 is 5.97 Å². The fraction of sp³-hybridized carbons (Fsp3) is 0.800. The van der Waals surface area contributed by atoms with E-state index in [-0.39, 0.29) is 11.4 Å². The van der Waals surface area contributed by atoms with Gasteiger partial charge in [-0.1, -0.05) is 41.3 Å². The number of alkyl halides is 1. The van der Waals surface area contributed by atoms with Gasteiger partial charge in [-0.2, -0.15) is 0 Å². The molecule has 0 saturated heterocycles. The molecule has 0 aliphatic heterocycles. The number of carbonyl (C=O) groups excluding carboxylic acids is 1. The number of rotatable bonds is 10. The van der Waals surface area contributed by atoms with Gasteiger partial charge in [-0.25, -0.2) is 0 Å². The standard InChI is InChI=1S/C15H27BrO2/c1-5-10-13(16)11-8-7-9-12-15(3,4)14(17)18-6-2/h5,13H,1,6-12H2,2-4H3. The third-order valence-electron chi connectivity index (χ3n) is 3.07. The van der Waals surface area contributed by atoms with Crippen LogP contribution in [0.1, 0.15) is 59.3 Å². The zero-order chi connectivity index (χ0) is 14.0. The van der Waals surface area contributed by atoms with Crippen molar-refractivity contribution in [2.24, 2.45) is 5.41 Å². The lowest BCUT2D eigenvalue weighted by Gasteiger charge is -2.22. The van der Waals surface area contributed by atoms with Gasteiger partial charge in [-0.3, -0.25) is 4.79 Å². The molecule has 0 fully saturated rings. The summed E-state index contributed by atoms with van der Waals surface area (Å²) < 4.78 is 5.08. The number of hydrogen-bond acceptors (Lipinski definition) is 2. The van der Waals surface area contributed by atoms with Crippen LogP contribution in [0.3, 0.4) is 0 Å². The largest absolute Gasteiger partial charge is 0.466 e. The van der Waals surface area contributed by atoms with Crippen molar-refractivity contribution in [3.8, 4) is 0 Å². The molecule has 0 aromatic carbocycles. The molecular weight excluding hydrogens is 292 g/mol. The summed E-state index contributed by atoms with van der Waals surface area (Å²) in [6, 6.07) is 0. The van der Waals surface area contributed by atoms with Crippen molar-refractivity contribution in [1.82, 2.24) is 0 Å². The molecule has 0 saturated carbocycles.